The minimum Gasteiger partial charge on any atom is -0.399 e. The summed E-state index contributed by atoms with van der Waals surface area (Å²) < 4.78 is 12.1. The molecule has 1 saturated heterocycles. The molecule has 30 heavy (non-hydrogen) atoms. The number of halogens is 1. The first-order valence-electron chi connectivity index (χ1n) is 9.79. The third-order valence-corrected chi connectivity index (χ3v) is 5.95. The van der Waals surface area contributed by atoms with Crippen LogP contribution in [0.3, 0.4) is 0 Å². The minimum absolute atomic E-state index is 0.276. The van der Waals surface area contributed by atoms with E-state index < -0.39 is 30.3 Å². The van der Waals surface area contributed by atoms with Gasteiger partial charge in [0, 0.05) is 17.0 Å². The predicted molar refractivity (Wildman–Crippen MR) is 118 cm³/mol. The lowest BCUT2D eigenvalue weighted by molar-refractivity contribution is -0.119. The second-order valence-electron chi connectivity index (χ2n) is 8.47. The zero-order chi connectivity index (χ0) is 22.1. The minimum atomic E-state index is -0.837. The number of hydrogen-bond donors (Lipinski definition) is 2. The van der Waals surface area contributed by atoms with E-state index in [9.17, 15) is 9.59 Å². The molecule has 3 N–H and O–H groups in total. The van der Waals surface area contributed by atoms with E-state index in [0.29, 0.717) is 10.6 Å². The first kappa shape index (κ1) is 22.3. The third-order valence-electron chi connectivity index (χ3n) is 5.70. The maximum absolute atomic E-state index is 12.4. The summed E-state index contributed by atoms with van der Waals surface area (Å²) in [4.78, 5) is 24.3. The van der Waals surface area contributed by atoms with Crippen LogP contribution >= 0.6 is 11.6 Å². The molecule has 1 heterocycles. The molecule has 1 aliphatic rings. The van der Waals surface area contributed by atoms with E-state index in [-0.39, 0.29) is 12.3 Å². The van der Waals surface area contributed by atoms with Crippen molar-refractivity contribution < 1.29 is 18.9 Å². The fourth-order valence-corrected chi connectivity index (χ4v) is 3.22. The van der Waals surface area contributed by atoms with Gasteiger partial charge in [-0.05, 0) is 63.0 Å². The van der Waals surface area contributed by atoms with Crippen LogP contribution in [0.5, 0.6) is 0 Å². The lowest BCUT2D eigenvalue weighted by Crippen LogP contribution is -2.45. The molecule has 0 spiro atoms. The Labute approximate surface area is 182 Å². The molecule has 0 aromatic heterocycles. The standard InChI is InChI=1S/C22H26BClN2O4/c1-21(2)22(3,4)30-23(29-21)16-9-5-14(6-10-16)13-18(19(25)27)26-20(28)15-7-11-17(24)12-8-15/h5-12,18H,13H2,1-4H3,(H2,25,27)(H,26,28)/t18-/m1/s1. The van der Waals surface area contributed by atoms with Gasteiger partial charge in [0.25, 0.3) is 5.91 Å². The van der Waals surface area contributed by atoms with E-state index in [1.165, 1.54) is 0 Å². The van der Waals surface area contributed by atoms with Crippen LogP contribution in [-0.4, -0.2) is 36.2 Å². The molecule has 0 unspecified atom stereocenters. The van der Waals surface area contributed by atoms with E-state index in [1.54, 1.807) is 24.3 Å². The van der Waals surface area contributed by atoms with Gasteiger partial charge < -0.3 is 20.4 Å². The van der Waals surface area contributed by atoms with Crippen molar-refractivity contribution in [2.45, 2.75) is 51.4 Å². The van der Waals surface area contributed by atoms with Crippen molar-refractivity contribution in [3.63, 3.8) is 0 Å². The van der Waals surface area contributed by atoms with Gasteiger partial charge in [-0.3, -0.25) is 9.59 Å². The molecule has 2 aromatic carbocycles. The van der Waals surface area contributed by atoms with Crippen molar-refractivity contribution in [1.82, 2.24) is 5.32 Å². The molecule has 1 aliphatic heterocycles. The van der Waals surface area contributed by atoms with Crippen molar-refractivity contribution in [1.29, 1.82) is 0 Å². The van der Waals surface area contributed by atoms with Gasteiger partial charge in [0.1, 0.15) is 6.04 Å². The van der Waals surface area contributed by atoms with Crippen molar-refractivity contribution >= 4 is 36.0 Å². The monoisotopic (exact) mass is 428 g/mol. The Bertz CT molecular complexity index is 913. The van der Waals surface area contributed by atoms with Crippen LogP contribution in [0.25, 0.3) is 0 Å². The SMILES string of the molecule is CC1(C)OB(c2ccc(C[C@@H](NC(=O)c3ccc(Cl)cc3)C(N)=O)cc2)OC1(C)C. The number of nitrogens with two attached hydrogens (primary N) is 1. The summed E-state index contributed by atoms with van der Waals surface area (Å²) >= 11 is 5.85. The van der Waals surface area contributed by atoms with Gasteiger partial charge in [-0.15, -0.1) is 0 Å². The van der Waals surface area contributed by atoms with Gasteiger partial charge in [-0.25, -0.2) is 0 Å². The molecular weight excluding hydrogens is 403 g/mol. The van der Waals surface area contributed by atoms with Gasteiger partial charge >= 0.3 is 7.12 Å². The van der Waals surface area contributed by atoms with E-state index in [4.69, 9.17) is 26.6 Å². The third kappa shape index (κ3) is 4.86. The number of primary amides is 1. The van der Waals surface area contributed by atoms with Gasteiger partial charge in [0.15, 0.2) is 0 Å². The molecule has 0 radical (unpaired) electrons. The Morgan fingerprint density at radius 2 is 1.53 bits per heavy atom. The zero-order valence-electron chi connectivity index (χ0n) is 17.6. The van der Waals surface area contributed by atoms with Crippen LogP contribution in [0.15, 0.2) is 48.5 Å². The molecule has 0 bridgehead atoms. The second kappa shape index (κ2) is 8.42. The van der Waals surface area contributed by atoms with Gasteiger partial charge in [0.2, 0.25) is 5.91 Å². The molecule has 3 rings (SSSR count). The van der Waals surface area contributed by atoms with Crippen LogP contribution in [0.2, 0.25) is 5.02 Å². The van der Waals surface area contributed by atoms with Crippen molar-refractivity contribution in [3.8, 4) is 0 Å². The molecule has 0 aliphatic carbocycles. The molecule has 6 nitrogen and oxygen atoms in total. The topological polar surface area (TPSA) is 90.6 Å². The van der Waals surface area contributed by atoms with Crippen molar-refractivity contribution in [3.05, 3.63) is 64.7 Å². The highest BCUT2D eigenvalue weighted by Gasteiger charge is 2.51. The average Bonchev–Trinajstić information content (AvgIpc) is 2.89. The highest BCUT2D eigenvalue weighted by molar-refractivity contribution is 6.62. The van der Waals surface area contributed by atoms with Crippen molar-refractivity contribution in [2.75, 3.05) is 0 Å². The first-order chi connectivity index (χ1) is 14.0. The smallest absolute Gasteiger partial charge is 0.399 e. The highest BCUT2D eigenvalue weighted by atomic mass is 35.5. The van der Waals surface area contributed by atoms with Gasteiger partial charge in [-0.2, -0.15) is 0 Å². The highest BCUT2D eigenvalue weighted by Crippen LogP contribution is 2.36. The van der Waals surface area contributed by atoms with Crippen LogP contribution in [0.1, 0.15) is 43.6 Å². The fourth-order valence-electron chi connectivity index (χ4n) is 3.09. The number of rotatable bonds is 6. The Balaban J connectivity index is 1.67. The summed E-state index contributed by atoms with van der Waals surface area (Å²) in [5, 5.41) is 3.21. The molecule has 1 fully saturated rings. The number of nitrogens with one attached hydrogen (secondary N) is 1. The zero-order valence-corrected chi connectivity index (χ0v) is 18.3. The second-order valence-corrected chi connectivity index (χ2v) is 8.91. The summed E-state index contributed by atoms with van der Waals surface area (Å²) in [7, 11) is -0.458. The Hall–Kier alpha value is -2.35. The number of hydrogen-bond acceptors (Lipinski definition) is 4. The summed E-state index contributed by atoms with van der Waals surface area (Å²) in [6.07, 6.45) is 0.276. The van der Waals surface area contributed by atoms with Gasteiger partial charge in [-0.1, -0.05) is 35.9 Å². The maximum atomic E-state index is 12.4. The molecule has 2 amide bonds. The lowest BCUT2D eigenvalue weighted by atomic mass is 9.78. The van der Waals surface area contributed by atoms with Crippen LogP contribution in [0.4, 0.5) is 0 Å². The fraction of sp³-hybridized carbons (Fsp3) is 0.364. The normalized spacial score (nSPS) is 18.1. The van der Waals surface area contributed by atoms with E-state index >= 15 is 0 Å². The average molecular weight is 429 g/mol. The quantitative estimate of drug-likeness (QED) is 0.692. The Morgan fingerprint density at radius 3 is 2.03 bits per heavy atom. The van der Waals surface area contributed by atoms with Gasteiger partial charge in [0.05, 0.1) is 11.2 Å². The first-order valence-corrected chi connectivity index (χ1v) is 10.2. The predicted octanol–water partition coefficient (Wildman–Crippen LogP) is 2.47. The number of amides is 2. The number of carbonyl (C=O) groups is 2. The summed E-state index contributed by atoms with van der Waals surface area (Å²) in [6.45, 7) is 8.01. The van der Waals surface area contributed by atoms with E-state index in [0.717, 1.165) is 11.0 Å². The molecular formula is C22H26BClN2O4. The Morgan fingerprint density at radius 1 is 1.00 bits per heavy atom. The van der Waals surface area contributed by atoms with Crippen LogP contribution in [-0.2, 0) is 20.5 Å². The molecule has 1 atom stereocenters. The molecule has 8 heteroatoms. The van der Waals surface area contributed by atoms with Crippen LogP contribution in [0, 0.1) is 0 Å². The van der Waals surface area contributed by atoms with E-state index in [1.807, 2.05) is 52.0 Å². The summed E-state index contributed by atoms with van der Waals surface area (Å²) in [6, 6.07) is 13.1. The molecule has 0 saturated carbocycles. The molecule has 2 aromatic rings. The lowest BCUT2D eigenvalue weighted by Gasteiger charge is -2.32. The largest absolute Gasteiger partial charge is 0.494 e. The molecule has 158 valence electrons. The summed E-state index contributed by atoms with van der Waals surface area (Å²) in [5.74, 6) is -0.989. The number of benzene rings is 2. The Kier molecular flexibility index (Phi) is 6.27. The van der Waals surface area contributed by atoms with E-state index in [2.05, 4.69) is 5.32 Å². The van der Waals surface area contributed by atoms with Crippen LogP contribution < -0.4 is 16.5 Å². The summed E-state index contributed by atoms with van der Waals surface area (Å²) in [5.41, 5.74) is 6.82. The number of carbonyl (C=O) groups excluding carboxylic acids is 2. The maximum Gasteiger partial charge on any atom is 0.494 e. The van der Waals surface area contributed by atoms with Crippen molar-refractivity contribution in [2.24, 2.45) is 5.73 Å².